The fourth-order valence-corrected chi connectivity index (χ4v) is 5.88. The highest BCUT2D eigenvalue weighted by Gasteiger charge is 2.26. The number of carbonyl (C=O) groups excluding carboxylic acids is 2. The van der Waals surface area contributed by atoms with Crippen LogP contribution in [0.4, 0.5) is 0 Å². The molecule has 0 aliphatic carbocycles. The number of carbonyl (C=O) groups is 2. The van der Waals surface area contributed by atoms with Crippen molar-refractivity contribution in [2.45, 2.75) is 31.7 Å². The van der Waals surface area contributed by atoms with E-state index in [1.807, 2.05) is 47.5 Å². The smallest absolute Gasteiger partial charge is 0.255 e. The van der Waals surface area contributed by atoms with Crippen molar-refractivity contribution in [3.05, 3.63) is 82.5 Å². The minimum absolute atomic E-state index is 0.0614. The predicted octanol–water partition coefficient (Wildman–Crippen LogP) is 5.22. The Labute approximate surface area is 243 Å². The second-order valence-corrected chi connectivity index (χ2v) is 10.9. The third kappa shape index (κ3) is 5.62. The van der Waals surface area contributed by atoms with E-state index in [4.69, 9.17) is 21.1 Å². The Morgan fingerprint density at radius 3 is 2.59 bits per heavy atom. The van der Waals surface area contributed by atoms with Gasteiger partial charge in [0.1, 0.15) is 13.2 Å². The van der Waals surface area contributed by atoms with Crippen molar-refractivity contribution in [3.8, 4) is 22.6 Å². The number of hydrogen-bond acceptors (Lipinski definition) is 5. The molecule has 3 heterocycles. The molecule has 8 nitrogen and oxygen atoms in total. The van der Waals surface area contributed by atoms with E-state index in [9.17, 15) is 14.7 Å². The van der Waals surface area contributed by atoms with Gasteiger partial charge in [-0.1, -0.05) is 35.9 Å². The maximum absolute atomic E-state index is 13.6. The first-order valence-electron chi connectivity index (χ1n) is 14.0. The van der Waals surface area contributed by atoms with Crippen molar-refractivity contribution < 1.29 is 24.2 Å². The SMILES string of the molecule is O=C(N[C@@H](CO)Cc1c[nH]c2ccccc12)c1cc(-c2ccc(C(=O)N3CCCCC3)c(Cl)c2)cc2c1OCCO2. The number of para-hydroxylation sites is 1. The van der Waals surface area contributed by atoms with Crippen molar-refractivity contribution >= 4 is 34.3 Å². The topological polar surface area (TPSA) is 104 Å². The molecule has 0 saturated carbocycles. The number of amides is 2. The zero-order valence-corrected chi connectivity index (χ0v) is 23.4. The lowest BCUT2D eigenvalue weighted by Crippen LogP contribution is -2.39. The molecule has 9 heteroatoms. The molecule has 41 heavy (non-hydrogen) atoms. The van der Waals surface area contributed by atoms with Gasteiger partial charge >= 0.3 is 0 Å². The predicted molar refractivity (Wildman–Crippen MR) is 158 cm³/mol. The number of ether oxygens (including phenoxy) is 2. The Kier molecular flexibility index (Phi) is 7.85. The van der Waals surface area contributed by atoms with Crippen LogP contribution in [0.25, 0.3) is 22.0 Å². The van der Waals surface area contributed by atoms with Crippen molar-refractivity contribution in [2.24, 2.45) is 0 Å². The molecule has 1 fully saturated rings. The Morgan fingerprint density at radius 2 is 1.78 bits per heavy atom. The first-order valence-corrected chi connectivity index (χ1v) is 14.4. The van der Waals surface area contributed by atoms with Gasteiger partial charge in [0.2, 0.25) is 0 Å². The van der Waals surface area contributed by atoms with Gasteiger partial charge in [0, 0.05) is 30.2 Å². The summed E-state index contributed by atoms with van der Waals surface area (Å²) < 4.78 is 11.7. The molecule has 0 spiro atoms. The summed E-state index contributed by atoms with van der Waals surface area (Å²) in [6.07, 6.45) is 5.50. The summed E-state index contributed by atoms with van der Waals surface area (Å²) >= 11 is 6.62. The van der Waals surface area contributed by atoms with Crippen molar-refractivity contribution in [2.75, 3.05) is 32.9 Å². The third-order valence-electron chi connectivity index (χ3n) is 7.76. The highest BCUT2D eigenvalue weighted by atomic mass is 35.5. The molecule has 3 N–H and O–H groups in total. The summed E-state index contributed by atoms with van der Waals surface area (Å²) in [6.45, 7) is 1.94. The average Bonchev–Trinajstić information content (AvgIpc) is 3.42. The number of aliphatic hydroxyl groups is 1. The van der Waals surface area contributed by atoms with E-state index in [0.29, 0.717) is 52.8 Å². The van der Waals surface area contributed by atoms with Crippen LogP contribution in [0.5, 0.6) is 11.5 Å². The highest BCUT2D eigenvalue weighted by Crippen LogP contribution is 2.39. The van der Waals surface area contributed by atoms with Gasteiger partial charge in [0.25, 0.3) is 11.8 Å². The molecule has 0 radical (unpaired) electrons. The van der Waals surface area contributed by atoms with E-state index >= 15 is 0 Å². The number of fused-ring (bicyclic) bond motifs is 2. The first kappa shape index (κ1) is 27.2. The summed E-state index contributed by atoms with van der Waals surface area (Å²) in [7, 11) is 0. The average molecular weight is 574 g/mol. The van der Waals surface area contributed by atoms with Gasteiger partial charge < -0.3 is 29.8 Å². The molecule has 6 rings (SSSR count). The number of rotatable bonds is 7. The standard InChI is InChI=1S/C32H32ClN3O5/c33-27-16-20(8-9-25(27)32(39)36-10-4-1-5-11-36)21-15-26(30-29(17-21)40-12-13-41-30)31(38)35-23(19-37)14-22-18-34-28-7-3-2-6-24(22)28/h2-3,6-9,15-18,23,34,37H,1,4-5,10-14,19H2,(H,35,38)/t23-/m1/s1. The fourth-order valence-electron chi connectivity index (χ4n) is 5.61. The Morgan fingerprint density at radius 1 is 0.976 bits per heavy atom. The lowest BCUT2D eigenvalue weighted by Gasteiger charge is -2.27. The number of hydrogen-bond donors (Lipinski definition) is 3. The highest BCUT2D eigenvalue weighted by molar-refractivity contribution is 6.34. The van der Waals surface area contributed by atoms with Crippen LogP contribution >= 0.6 is 11.6 Å². The van der Waals surface area contributed by atoms with Crippen LogP contribution in [0.3, 0.4) is 0 Å². The van der Waals surface area contributed by atoms with Crippen LogP contribution in [-0.2, 0) is 6.42 Å². The zero-order chi connectivity index (χ0) is 28.3. The molecule has 0 bridgehead atoms. The van der Waals surface area contributed by atoms with Crippen LogP contribution in [0.15, 0.2) is 60.8 Å². The second-order valence-electron chi connectivity index (χ2n) is 10.5. The van der Waals surface area contributed by atoms with E-state index in [1.165, 1.54) is 0 Å². The Hall–Kier alpha value is -4.01. The normalized spacial score (nSPS) is 15.5. The summed E-state index contributed by atoms with van der Waals surface area (Å²) in [5, 5.41) is 14.5. The van der Waals surface area contributed by atoms with Crippen molar-refractivity contribution in [3.63, 3.8) is 0 Å². The number of nitrogens with zero attached hydrogens (tertiary/aromatic N) is 1. The fraction of sp³-hybridized carbons (Fsp3) is 0.312. The van der Waals surface area contributed by atoms with Crippen LogP contribution < -0.4 is 14.8 Å². The van der Waals surface area contributed by atoms with E-state index in [1.54, 1.807) is 18.2 Å². The van der Waals surface area contributed by atoms with Crippen LogP contribution in [0.2, 0.25) is 5.02 Å². The van der Waals surface area contributed by atoms with E-state index < -0.39 is 6.04 Å². The van der Waals surface area contributed by atoms with Crippen molar-refractivity contribution in [1.29, 1.82) is 0 Å². The van der Waals surface area contributed by atoms with Crippen LogP contribution in [0.1, 0.15) is 45.5 Å². The summed E-state index contributed by atoms with van der Waals surface area (Å²) in [4.78, 5) is 31.7. The van der Waals surface area contributed by atoms with E-state index in [-0.39, 0.29) is 18.4 Å². The lowest BCUT2D eigenvalue weighted by atomic mass is 9.98. The summed E-state index contributed by atoms with van der Waals surface area (Å²) in [5.41, 5.74) is 4.23. The molecule has 212 valence electrons. The van der Waals surface area contributed by atoms with E-state index in [2.05, 4.69) is 10.3 Å². The van der Waals surface area contributed by atoms with Gasteiger partial charge in [-0.05, 0) is 72.7 Å². The number of aliphatic hydroxyl groups excluding tert-OH is 1. The summed E-state index contributed by atoms with van der Waals surface area (Å²) in [5.74, 6) is 0.383. The largest absolute Gasteiger partial charge is 0.486 e. The minimum Gasteiger partial charge on any atom is -0.486 e. The first-order chi connectivity index (χ1) is 20.0. The molecular weight excluding hydrogens is 542 g/mol. The van der Waals surface area contributed by atoms with Gasteiger partial charge in [-0.25, -0.2) is 0 Å². The molecule has 3 aromatic carbocycles. The van der Waals surface area contributed by atoms with Gasteiger partial charge in [0.05, 0.1) is 28.8 Å². The third-order valence-corrected chi connectivity index (χ3v) is 8.07. The maximum atomic E-state index is 13.6. The van der Waals surface area contributed by atoms with E-state index in [0.717, 1.165) is 54.4 Å². The van der Waals surface area contributed by atoms with Crippen LogP contribution in [0, 0.1) is 0 Å². The minimum atomic E-state index is -0.514. The molecule has 2 aliphatic rings. The number of halogens is 1. The van der Waals surface area contributed by atoms with Gasteiger partial charge in [0.15, 0.2) is 11.5 Å². The van der Waals surface area contributed by atoms with Gasteiger partial charge in [-0.2, -0.15) is 0 Å². The molecule has 0 unspecified atom stereocenters. The molecule has 1 atom stereocenters. The quantitative estimate of drug-likeness (QED) is 0.281. The monoisotopic (exact) mass is 573 g/mol. The number of benzene rings is 3. The summed E-state index contributed by atoms with van der Waals surface area (Å²) in [6, 6.07) is 16.3. The van der Waals surface area contributed by atoms with Gasteiger partial charge in [-0.3, -0.25) is 9.59 Å². The van der Waals surface area contributed by atoms with Gasteiger partial charge in [-0.15, -0.1) is 0 Å². The maximum Gasteiger partial charge on any atom is 0.255 e. The molecule has 1 saturated heterocycles. The molecule has 2 amide bonds. The Bertz CT molecular complexity index is 1590. The Balaban J connectivity index is 1.27. The van der Waals surface area contributed by atoms with Crippen molar-refractivity contribution in [1.82, 2.24) is 15.2 Å². The zero-order valence-electron chi connectivity index (χ0n) is 22.6. The number of piperidine rings is 1. The molecular formula is C32H32ClN3O5. The molecule has 4 aromatic rings. The second kappa shape index (κ2) is 11.8. The number of nitrogens with one attached hydrogen (secondary N) is 2. The number of likely N-dealkylation sites (tertiary alicyclic amines) is 1. The molecule has 2 aliphatic heterocycles. The lowest BCUT2D eigenvalue weighted by molar-refractivity contribution is 0.0724. The number of aromatic amines is 1. The number of aromatic nitrogens is 1. The molecule has 1 aromatic heterocycles. The number of H-pyrrole nitrogens is 1. The van der Waals surface area contributed by atoms with Crippen LogP contribution in [-0.4, -0.2) is 65.8 Å².